The molecule has 0 radical (unpaired) electrons. The second-order valence-corrected chi connectivity index (χ2v) is 4.29. The van der Waals surface area contributed by atoms with Crippen LogP contribution in [0, 0.1) is 6.92 Å². The molecular formula is C12H20N2O2. The number of likely N-dealkylation sites (N-methyl/N-ethyl adjacent to an activating group) is 1. The van der Waals surface area contributed by atoms with Crippen LogP contribution in [0.2, 0.25) is 0 Å². The molecule has 2 atom stereocenters. The number of amides is 1. The Morgan fingerprint density at radius 1 is 1.38 bits per heavy atom. The second kappa shape index (κ2) is 5.16. The lowest BCUT2D eigenvalue weighted by molar-refractivity contribution is -0.130. The van der Waals surface area contributed by atoms with Crippen molar-refractivity contribution in [2.45, 2.75) is 32.9 Å². The van der Waals surface area contributed by atoms with Gasteiger partial charge in [-0.3, -0.25) is 10.1 Å². The minimum Gasteiger partial charge on any atom is -0.465 e. The quantitative estimate of drug-likeness (QED) is 0.847. The minimum atomic E-state index is -0.213. The molecule has 1 amide bonds. The van der Waals surface area contributed by atoms with Gasteiger partial charge in [0.05, 0.1) is 12.1 Å². The summed E-state index contributed by atoms with van der Waals surface area (Å²) in [5, 5.41) is 3.21. The zero-order chi connectivity index (χ0) is 12.3. The topological polar surface area (TPSA) is 45.5 Å². The molecule has 0 aliphatic carbocycles. The largest absolute Gasteiger partial charge is 0.465 e. The van der Waals surface area contributed by atoms with E-state index < -0.39 is 0 Å². The molecule has 0 saturated carbocycles. The molecule has 16 heavy (non-hydrogen) atoms. The fraction of sp³-hybridized carbons (Fsp3) is 0.583. The molecule has 0 saturated heterocycles. The van der Waals surface area contributed by atoms with E-state index in [1.165, 1.54) is 0 Å². The molecule has 1 aromatic heterocycles. The number of furan rings is 1. The summed E-state index contributed by atoms with van der Waals surface area (Å²) in [6, 6.07) is 3.68. The summed E-state index contributed by atoms with van der Waals surface area (Å²) in [6.45, 7) is 5.75. The SMILES string of the molecule is Cc1ccc(C(C)N[C@H](C)C(=O)N(C)C)o1. The Kier molecular flexibility index (Phi) is 4.12. The molecule has 1 rings (SSSR count). The Labute approximate surface area is 96.6 Å². The molecule has 0 spiro atoms. The fourth-order valence-corrected chi connectivity index (χ4v) is 1.60. The highest BCUT2D eigenvalue weighted by Gasteiger charge is 2.18. The van der Waals surface area contributed by atoms with Crippen LogP contribution in [0.25, 0.3) is 0 Å². The third-order valence-electron chi connectivity index (χ3n) is 2.50. The van der Waals surface area contributed by atoms with Crippen LogP contribution in [-0.4, -0.2) is 30.9 Å². The van der Waals surface area contributed by atoms with Crippen molar-refractivity contribution >= 4 is 5.91 Å². The zero-order valence-corrected chi connectivity index (χ0v) is 10.6. The number of hydrogen-bond acceptors (Lipinski definition) is 3. The molecule has 1 aromatic rings. The van der Waals surface area contributed by atoms with Crippen LogP contribution in [0.4, 0.5) is 0 Å². The Morgan fingerprint density at radius 2 is 2.00 bits per heavy atom. The van der Waals surface area contributed by atoms with E-state index in [1.807, 2.05) is 32.9 Å². The third-order valence-corrected chi connectivity index (χ3v) is 2.50. The van der Waals surface area contributed by atoms with E-state index in [2.05, 4.69) is 5.32 Å². The van der Waals surface area contributed by atoms with Crippen molar-refractivity contribution in [3.05, 3.63) is 23.7 Å². The molecular weight excluding hydrogens is 204 g/mol. The normalized spacial score (nSPS) is 14.6. The van der Waals surface area contributed by atoms with Crippen molar-refractivity contribution in [1.29, 1.82) is 0 Å². The molecule has 0 fully saturated rings. The predicted octanol–water partition coefficient (Wildman–Crippen LogP) is 1.72. The summed E-state index contributed by atoms with van der Waals surface area (Å²) in [6.07, 6.45) is 0. The van der Waals surface area contributed by atoms with Crippen molar-refractivity contribution in [2.75, 3.05) is 14.1 Å². The second-order valence-electron chi connectivity index (χ2n) is 4.29. The lowest BCUT2D eigenvalue weighted by atomic mass is 10.2. The van der Waals surface area contributed by atoms with Gasteiger partial charge in [0.2, 0.25) is 5.91 Å². The van der Waals surface area contributed by atoms with E-state index in [0.717, 1.165) is 11.5 Å². The number of nitrogens with zero attached hydrogens (tertiary/aromatic N) is 1. The van der Waals surface area contributed by atoms with E-state index in [-0.39, 0.29) is 18.0 Å². The van der Waals surface area contributed by atoms with Crippen LogP contribution in [-0.2, 0) is 4.79 Å². The summed E-state index contributed by atoms with van der Waals surface area (Å²) < 4.78 is 5.50. The van der Waals surface area contributed by atoms with Gasteiger partial charge in [-0.25, -0.2) is 0 Å². The Hall–Kier alpha value is -1.29. The monoisotopic (exact) mass is 224 g/mol. The van der Waals surface area contributed by atoms with Gasteiger partial charge in [-0.15, -0.1) is 0 Å². The van der Waals surface area contributed by atoms with Gasteiger partial charge in [0.25, 0.3) is 0 Å². The fourth-order valence-electron chi connectivity index (χ4n) is 1.60. The molecule has 4 nitrogen and oxygen atoms in total. The van der Waals surface area contributed by atoms with Gasteiger partial charge in [-0.2, -0.15) is 0 Å². The van der Waals surface area contributed by atoms with Gasteiger partial charge in [0, 0.05) is 14.1 Å². The van der Waals surface area contributed by atoms with Gasteiger partial charge >= 0.3 is 0 Å². The minimum absolute atomic E-state index is 0.0348. The maximum Gasteiger partial charge on any atom is 0.238 e. The van der Waals surface area contributed by atoms with Crippen LogP contribution in [0.5, 0.6) is 0 Å². The van der Waals surface area contributed by atoms with Crippen LogP contribution in [0.1, 0.15) is 31.4 Å². The highest BCUT2D eigenvalue weighted by molar-refractivity contribution is 5.80. The lowest BCUT2D eigenvalue weighted by Gasteiger charge is -2.21. The summed E-state index contributed by atoms with van der Waals surface area (Å²) >= 11 is 0. The summed E-state index contributed by atoms with van der Waals surface area (Å²) in [7, 11) is 3.50. The molecule has 0 aromatic carbocycles. The average molecular weight is 224 g/mol. The first-order valence-electron chi connectivity index (χ1n) is 5.45. The first-order chi connectivity index (χ1) is 7.41. The standard InChI is InChI=1S/C12H20N2O2/c1-8-6-7-11(16-8)9(2)13-10(3)12(15)14(4)5/h6-7,9-10,13H,1-5H3/t9?,10-/m1/s1. The van der Waals surface area contributed by atoms with E-state index in [9.17, 15) is 4.79 Å². The molecule has 0 bridgehead atoms. The number of rotatable bonds is 4. The van der Waals surface area contributed by atoms with E-state index >= 15 is 0 Å². The first kappa shape index (κ1) is 12.8. The molecule has 1 unspecified atom stereocenters. The average Bonchev–Trinajstić information content (AvgIpc) is 2.63. The van der Waals surface area contributed by atoms with Crippen molar-refractivity contribution in [3.8, 4) is 0 Å². The van der Waals surface area contributed by atoms with Gasteiger partial charge in [0.1, 0.15) is 11.5 Å². The van der Waals surface area contributed by atoms with Crippen LogP contribution in [0.15, 0.2) is 16.5 Å². The number of carbonyl (C=O) groups excluding carboxylic acids is 1. The van der Waals surface area contributed by atoms with Gasteiger partial charge in [0.15, 0.2) is 0 Å². The van der Waals surface area contributed by atoms with Crippen molar-refractivity contribution < 1.29 is 9.21 Å². The number of hydrogen-bond donors (Lipinski definition) is 1. The van der Waals surface area contributed by atoms with E-state index in [4.69, 9.17) is 4.42 Å². The molecule has 90 valence electrons. The third kappa shape index (κ3) is 3.10. The van der Waals surface area contributed by atoms with Gasteiger partial charge in [-0.1, -0.05) is 0 Å². The van der Waals surface area contributed by atoms with Crippen LogP contribution >= 0.6 is 0 Å². The van der Waals surface area contributed by atoms with Crippen molar-refractivity contribution in [3.63, 3.8) is 0 Å². The maximum atomic E-state index is 11.6. The number of aryl methyl sites for hydroxylation is 1. The molecule has 1 heterocycles. The highest BCUT2D eigenvalue weighted by atomic mass is 16.3. The molecule has 0 aliphatic heterocycles. The Balaban J connectivity index is 2.58. The van der Waals surface area contributed by atoms with E-state index in [0.29, 0.717) is 0 Å². The first-order valence-corrected chi connectivity index (χ1v) is 5.45. The van der Waals surface area contributed by atoms with Crippen molar-refractivity contribution in [2.24, 2.45) is 0 Å². The van der Waals surface area contributed by atoms with Crippen LogP contribution in [0.3, 0.4) is 0 Å². The summed E-state index contributed by atoms with van der Waals surface area (Å²) in [5.41, 5.74) is 0. The molecule has 0 aliphatic rings. The highest BCUT2D eigenvalue weighted by Crippen LogP contribution is 2.16. The summed E-state index contributed by atoms with van der Waals surface area (Å²) in [5.74, 6) is 1.81. The molecule has 4 heteroatoms. The smallest absolute Gasteiger partial charge is 0.238 e. The number of carbonyl (C=O) groups is 1. The van der Waals surface area contributed by atoms with E-state index in [1.54, 1.807) is 19.0 Å². The van der Waals surface area contributed by atoms with Gasteiger partial charge < -0.3 is 9.32 Å². The Morgan fingerprint density at radius 3 is 2.44 bits per heavy atom. The van der Waals surface area contributed by atoms with Crippen LogP contribution < -0.4 is 5.32 Å². The van der Waals surface area contributed by atoms with Gasteiger partial charge in [-0.05, 0) is 32.9 Å². The number of nitrogens with one attached hydrogen (secondary N) is 1. The maximum absolute atomic E-state index is 11.6. The zero-order valence-electron chi connectivity index (χ0n) is 10.6. The molecule has 1 N–H and O–H groups in total. The Bertz CT molecular complexity index is 358. The predicted molar refractivity (Wildman–Crippen MR) is 63.2 cm³/mol. The summed E-state index contributed by atoms with van der Waals surface area (Å²) in [4.78, 5) is 13.2. The van der Waals surface area contributed by atoms with Crippen molar-refractivity contribution in [1.82, 2.24) is 10.2 Å². The lowest BCUT2D eigenvalue weighted by Crippen LogP contribution is -2.42.